The SMILES string of the molecule is CC(C)c1ccc2oc3c(ccc4oc5ccc(C(C)C)cc5c(=O)c43)c(=O)c2c1. The Morgan fingerprint density at radius 2 is 1.13 bits per heavy atom. The molecule has 4 nitrogen and oxygen atoms in total. The van der Waals surface area contributed by atoms with Crippen LogP contribution in [0.15, 0.2) is 67.0 Å². The third-order valence-corrected chi connectivity index (χ3v) is 5.85. The molecule has 3 aromatic carbocycles. The summed E-state index contributed by atoms with van der Waals surface area (Å²) in [5.74, 6) is 0.587. The van der Waals surface area contributed by atoms with Gasteiger partial charge < -0.3 is 8.83 Å². The predicted octanol–water partition coefficient (Wildman–Crippen LogP) is 6.45. The fourth-order valence-electron chi connectivity index (χ4n) is 4.00. The number of hydrogen-bond acceptors (Lipinski definition) is 4. The maximum atomic E-state index is 13.4. The van der Waals surface area contributed by atoms with E-state index in [0.29, 0.717) is 44.2 Å². The molecule has 30 heavy (non-hydrogen) atoms. The first-order valence-electron chi connectivity index (χ1n) is 10.2. The first-order valence-corrected chi connectivity index (χ1v) is 10.2. The number of benzene rings is 3. The molecule has 0 unspecified atom stereocenters. The molecule has 0 aliphatic heterocycles. The zero-order valence-corrected chi connectivity index (χ0v) is 17.4. The smallest absolute Gasteiger partial charge is 0.204 e. The van der Waals surface area contributed by atoms with Crippen LogP contribution in [-0.4, -0.2) is 0 Å². The molecule has 0 bridgehead atoms. The Bertz CT molecular complexity index is 1580. The van der Waals surface area contributed by atoms with E-state index in [4.69, 9.17) is 8.83 Å². The highest BCUT2D eigenvalue weighted by Gasteiger charge is 2.17. The highest BCUT2D eigenvalue weighted by Crippen LogP contribution is 2.29. The number of fused-ring (bicyclic) bond motifs is 5. The van der Waals surface area contributed by atoms with Crippen molar-refractivity contribution in [3.8, 4) is 0 Å². The summed E-state index contributed by atoms with van der Waals surface area (Å²) in [5, 5.41) is 1.73. The monoisotopic (exact) mass is 398 g/mol. The summed E-state index contributed by atoms with van der Waals surface area (Å²) in [5.41, 5.74) is 3.52. The molecule has 0 fully saturated rings. The Kier molecular flexibility index (Phi) is 4.07. The van der Waals surface area contributed by atoms with Crippen LogP contribution >= 0.6 is 0 Å². The van der Waals surface area contributed by atoms with Crippen molar-refractivity contribution in [2.45, 2.75) is 39.5 Å². The van der Waals surface area contributed by atoms with Crippen LogP contribution in [0.4, 0.5) is 0 Å². The van der Waals surface area contributed by atoms with E-state index in [-0.39, 0.29) is 22.4 Å². The van der Waals surface area contributed by atoms with Crippen molar-refractivity contribution >= 4 is 43.9 Å². The molecular formula is C26H22O4. The molecule has 150 valence electrons. The minimum absolute atomic E-state index is 0.133. The fourth-order valence-corrected chi connectivity index (χ4v) is 4.00. The average molecular weight is 398 g/mol. The van der Waals surface area contributed by atoms with Gasteiger partial charge in [0.15, 0.2) is 5.58 Å². The molecule has 4 heteroatoms. The van der Waals surface area contributed by atoms with Gasteiger partial charge in [-0.05, 0) is 59.4 Å². The largest absolute Gasteiger partial charge is 0.456 e. The Labute approximate surface area is 172 Å². The van der Waals surface area contributed by atoms with E-state index in [1.807, 2.05) is 36.4 Å². The normalized spacial score (nSPS) is 12.2. The lowest BCUT2D eigenvalue weighted by molar-refractivity contribution is 0.649. The maximum Gasteiger partial charge on any atom is 0.204 e. The predicted molar refractivity (Wildman–Crippen MR) is 122 cm³/mol. The molecular weight excluding hydrogens is 376 g/mol. The standard InChI is InChI=1S/C26H22O4/c1-13(2)15-6-9-21-18(11-15)24(27)17-7-10-22-23(26(17)30-21)25(28)19-12-16(14(3)4)5-8-20(19)29-22/h5-14H,1-4H3. The number of hydrogen-bond donors (Lipinski definition) is 0. The van der Waals surface area contributed by atoms with Crippen molar-refractivity contribution in [3.63, 3.8) is 0 Å². The van der Waals surface area contributed by atoms with Gasteiger partial charge in [0.25, 0.3) is 0 Å². The molecule has 0 aliphatic carbocycles. The second-order valence-corrected chi connectivity index (χ2v) is 8.50. The molecule has 0 aliphatic rings. The minimum atomic E-state index is -0.180. The van der Waals surface area contributed by atoms with Crippen molar-refractivity contribution in [2.24, 2.45) is 0 Å². The zero-order valence-electron chi connectivity index (χ0n) is 17.4. The molecule has 5 aromatic rings. The van der Waals surface area contributed by atoms with Crippen molar-refractivity contribution in [3.05, 3.63) is 80.1 Å². The third-order valence-electron chi connectivity index (χ3n) is 5.85. The molecule has 2 heterocycles. The lowest BCUT2D eigenvalue weighted by atomic mass is 9.99. The first kappa shape index (κ1) is 18.6. The maximum absolute atomic E-state index is 13.4. The van der Waals surface area contributed by atoms with Crippen LogP contribution in [0.2, 0.25) is 0 Å². The topological polar surface area (TPSA) is 60.4 Å². The van der Waals surface area contributed by atoms with Gasteiger partial charge in [-0.25, -0.2) is 0 Å². The van der Waals surface area contributed by atoms with Crippen molar-refractivity contribution < 1.29 is 8.83 Å². The summed E-state index contributed by atoms with van der Waals surface area (Å²) in [7, 11) is 0. The van der Waals surface area contributed by atoms with Gasteiger partial charge >= 0.3 is 0 Å². The highest BCUT2D eigenvalue weighted by atomic mass is 16.3. The quantitative estimate of drug-likeness (QED) is 0.253. The van der Waals surface area contributed by atoms with Crippen molar-refractivity contribution in [2.75, 3.05) is 0 Å². The Hall–Kier alpha value is -3.40. The third kappa shape index (κ3) is 2.67. The van der Waals surface area contributed by atoms with E-state index in [1.54, 1.807) is 12.1 Å². The van der Waals surface area contributed by atoms with E-state index in [0.717, 1.165) is 11.1 Å². The van der Waals surface area contributed by atoms with Gasteiger partial charge in [-0.2, -0.15) is 0 Å². The Morgan fingerprint density at radius 3 is 1.73 bits per heavy atom. The fraction of sp³-hybridized carbons (Fsp3) is 0.231. The molecule has 0 atom stereocenters. The minimum Gasteiger partial charge on any atom is -0.456 e. The van der Waals surface area contributed by atoms with Crippen molar-refractivity contribution in [1.29, 1.82) is 0 Å². The summed E-state index contributed by atoms with van der Waals surface area (Å²) in [6, 6.07) is 14.7. The summed E-state index contributed by atoms with van der Waals surface area (Å²) in [6.45, 7) is 8.32. The first-order chi connectivity index (χ1) is 14.3. The van der Waals surface area contributed by atoms with Gasteiger partial charge in [0.2, 0.25) is 10.9 Å². The molecule has 0 N–H and O–H groups in total. The van der Waals surface area contributed by atoms with Crippen LogP contribution < -0.4 is 10.9 Å². The molecule has 2 aromatic heterocycles. The van der Waals surface area contributed by atoms with Crippen LogP contribution in [0, 0.1) is 0 Å². The van der Waals surface area contributed by atoms with Gasteiger partial charge in [-0.1, -0.05) is 39.8 Å². The van der Waals surface area contributed by atoms with Crippen LogP contribution in [0.1, 0.15) is 50.7 Å². The lowest BCUT2D eigenvalue weighted by Gasteiger charge is -2.09. The van der Waals surface area contributed by atoms with Crippen LogP contribution in [0.3, 0.4) is 0 Å². The van der Waals surface area contributed by atoms with E-state index in [9.17, 15) is 9.59 Å². The average Bonchev–Trinajstić information content (AvgIpc) is 2.73. The molecule has 5 rings (SSSR count). The van der Waals surface area contributed by atoms with Crippen LogP contribution in [0.25, 0.3) is 43.9 Å². The van der Waals surface area contributed by atoms with E-state index in [1.165, 1.54) is 0 Å². The second kappa shape index (κ2) is 6.56. The van der Waals surface area contributed by atoms with Gasteiger partial charge in [-0.15, -0.1) is 0 Å². The molecule has 0 saturated heterocycles. The summed E-state index contributed by atoms with van der Waals surface area (Å²) < 4.78 is 12.1. The number of rotatable bonds is 2. The molecule has 0 radical (unpaired) electrons. The summed E-state index contributed by atoms with van der Waals surface area (Å²) in [4.78, 5) is 26.7. The highest BCUT2D eigenvalue weighted by molar-refractivity contribution is 6.07. The summed E-state index contributed by atoms with van der Waals surface area (Å²) >= 11 is 0. The van der Waals surface area contributed by atoms with Crippen LogP contribution in [0.5, 0.6) is 0 Å². The Balaban J connectivity index is 1.94. The van der Waals surface area contributed by atoms with E-state index < -0.39 is 0 Å². The summed E-state index contributed by atoms with van der Waals surface area (Å²) in [6.07, 6.45) is 0. The Morgan fingerprint density at radius 1 is 0.600 bits per heavy atom. The molecule has 0 amide bonds. The molecule has 0 saturated carbocycles. The lowest BCUT2D eigenvalue weighted by Crippen LogP contribution is -2.08. The van der Waals surface area contributed by atoms with Crippen molar-refractivity contribution in [1.82, 2.24) is 0 Å². The van der Waals surface area contributed by atoms with Gasteiger partial charge in [-0.3, -0.25) is 9.59 Å². The molecule has 0 spiro atoms. The van der Waals surface area contributed by atoms with E-state index in [2.05, 4.69) is 27.7 Å². The van der Waals surface area contributed by atoms with Gasteiger partial charge in [0.1, 0.15) is 22.1 Å². The van der Waals surface area contributed by atoms with Crippen LogP contribution in [-0.2, 0) is 0 Å². The van der Waals surface area contributed by atoms with Gasteiger partial charge in [0.05, 0.1) is 16.2 Å². The van der Waals surface area contributed by atoms with E-state index >= 15 is 0 Å². The second-order valence-electron chi connectivity index (χ2n) is 8.50. The zero-order chi connectivity index (χ0) is 21.2. The van der Waals surface area contributed by atoms with Gasteiger partial charge in [0, 0.05) is 0 Å².